The molecule has 3 atom stereocenters. The van der Waals surface area contributed by atoms with Gasteiger partial charge in [0.15, 0.2) is 0 Å². The van der Waals surface area contributed by atoms with Crippen LogP contribution in [0.1, 0.15) is 28.8 Å². The Morgan fingerprint density at radius 2 is 1.70 bits per heavy atom. The zero-order chi connectivity index (χ0) is 30.7. The van der Waals surface area contributed by atoms with Gasteiger partial charge in [-0.15, -0.1) is 0 Å². The van der Waals surface area contributed by atoms with Gasteiger partial charge in [-0.25, -0.2) is 9.18 Å². The SMILES string of the molecule is COC(=O)C1=C(C(=O)NC2CCN(C(=O)c3cccc(F)c3)CC2)C2C=CC1(C(Cc1ccccc1)Nc1ccccc1)O2. The van der Waals surface area contributed by atoms with Crippen LogP contribution in [0.3, 0.4) is 0 Å². The average Bonchev–Trinajstić information content (AvgIpc) is 3.64. The number of hydrogen-bond donors (Lipinski definition) is 2. The minimum absolute atomic E-state index is 0.188. The standard InChI is InChI=1S/C35H34FN3O5/c1-43-34(42)31-30(32(40)38-27-16-19-39(20-17-27)33(41)24-11-8-12-25(36)22-24)28-15-18-35(31,44-28)29(21-23-9-4-2-5-10-23)37-26-13-6-3-7-14-26/h2-15,18,22,27-29,37H,16-17,19-21H2,1H3,(H,38,40). The van der Waals surface area contributed by atoms with Crippen molar-refractivity contribution in [3.8, 4) is 0 Å². The summed E-state index contributed by atoms with van der Waals surface area (Å²) >= 11 is 0. The highest BCUT2D eigenvalue weighted by Crippen LogP contribution is 2.47. The number of anilines is 1. The predicted molar refractivity (Wildman–Crippen MR) is 163 cm³/mol. The first-order chi connectivity index (χ1) is 21.4. The number of likely N-dealkylation sites (tertiary alicyclic amines) is 1. The number of hydrogen-bond acceptors (Lipinski definition) is 6. The van der Waals surface area contributed by atoms with E-state index in [2.05, 4.69) is 10.6 Å². The second-order valence-corrected chi connectivity index (χ2v) is 11.3. The monoisotopic (exact) mass is 595 g/mol. The highest BCUT2D eigenvalue weighted by atomic mass is 19.1. The zero-order valence-electron chi connectivity index (χ0n) is 24.4. The van der Waals surface area contributed by atoms with Gasteiger partial charge in [0, 0.05) is 30.4 Å². The van der Waals surface area contributed by atoms with Crippen molar-refractivity contribution in [2.75, 3.05) is 25.5 Å². The Labute approximate surface area is 255 Å². The number of rotatable bonds is 9. The van der Waals surface area contributed by atoms with Gasteiger partial charge in [0.25, 0.3) is 11.8 Å². The number of methoxy groups -OCH3 is 1. The molecule has 9 heteroatoms. The molecule has 0 aliphatic carbocycles. The molecule has 3 unspecified atom stereocenters. The molecule has 3 aliphatic heterocycles. The van der Waals surface area contributed by atoms with Gasteiger partial charge >= 0.3 is 5.97 Å². The van der Waals surface area contributed by atoms with Crippen molar-refractivity contribution in [1.29, 1.82) is 0 Å². The van der Waals surface area contributed by atoms with Gasteiger partial charge in [-0.2, -0.15) is 0 Å². The summed E-state index contributed by atoms with van der Waals surface area (Å²) in [5, 5.41) is 6.64. The molecule has 1 fully saturated rings. The van der Waals surface area contributed by atoms with E-state index in [9.17, 15) is 18.8 Å². The van der Waals surface area contributed by atoms with Crippen molar-refractivity contribution in [3.63, 3.8) is 0 Å². The largest absolute Gasteiger partial charge is 0.466 e. The van der Waals surface area contributed by atoms with Crippen molar-refractivity contribution >= 4 is 23.5 Å². The summed E-state index contributed by atoms with van der Waals surface area (Å²) in [6.45, 7) is 0.820. The van der Waals surface area contributed by atoms with Gasteiger partial charge in [-0.3, -0.25) is 9.59 Å². The first-order valence-corrected chi connectivity index (χ1v) is 14.8. The van der Waals surface area contributed by atoms with E-state index in [-0.39, 0.29) is 23.1 Å². The van der Waals surface area contributed by atoms with Crippen LogP contribution in [-0.2, 0) is 25.5 Å². The van der Waals surface area contributed by atoms with E-state index in [0.717, 1.165) is 11.3 Å². The normalized spacial score (nSPS) is 21.7. The Bertz CT molecular complexity index is 1560. The third kappa shape index (κ3) is 5.75. The van der Waals surface area contributed by atoms with Gasteiger partial charge in [0.2, 0.25) is 0 Å². The maximum atomic E-state index is 13.9. The molecule has 1 saturated heterocycles. The van der Waals surface area contributed by atoms with E-state index in [1.807, 2.05) is 72.8 Å². The molecule has 2 N–H and O–H groups in total. The topological polar surface area (TPSA) is 97.0 Å². The highest BCUT2D eigenvalue weighted by molar-refractivity contribution is 6.07. The maximum absolute atomic E-state index is 13.9. The molecule has 0 spiro atoms. The molecule has 0 radical (unpaired) electrons. The third-order valence-electron chi connectivity index (χ3n) is 8.52. The van der Waals surface area contributed by atoms with Crippen LogP contribution in [-0.4, -0.2) is 66.7 Å². The van der Waals surface area contributed by atoms with Crippen LogP contribution >= 0.6 is 0 Å². The third-order valence-corrected chi connectivity index (χ3v) is 8.52. The van der Waals surface area contributed by atoms with Gasteiger partial charge in [0.05, 0.1) is 24.3 Å². The summed E-state index contributed by atoms with van der Waals surface area (Å²) in [5.74, 6) is -1.72. The van der Waals surface area contributed by atoms with E-state index in [1.54, 1.807) is 11.0 Å². The van der Waals surface area contributed by atoms with Crippen molar-refractivity contribution in [2.45, 2.75) is 43.1 Å². The number of halogens is 1. The Hall–Kier alpha value is -4.76. The molecule has 44 heavy (non-hydrogen) atoms. The van der Waals surface area contributed by atoms with Crippen LogP contribution in [0.4, 0.5) is 10.1 Å². The van der Waals surface area contributed by atoms with Gasteiger partial charge < -0.3 is 25.0 Å². The summed E-state index contributed by atoms with van der Waals surface area (Å²) in [7, 11) is 1.30. The van der Waals surface area contributed by atoms with Crippen molar-refractivity contribution in [3.05, 3.63) is 125 Å². The van der Waals surface area contributed by atoms with Crippen LogP contribution in [0.15, 0.2) is 108 Å². The molecule has 226 valence electrons. The lowest BCUT2D eigenvalue weighted by Gasteiger charge is -2.36. The minimum Gasteiger partial charge on any atom is -0.466 e. The summed E-state index contributed by atoms with van der Waals surface area (Å²) in [6.07, 6.45) is 4.53. The molecule has 0 aromatic heterocycles. The second-order valence-electron chi connectivity index (χ2n) is 11.3. The van der Waals surface area contributed by atoms with Crippen molar-refractivity contribution in [1.82, 2.24) is 10.2 Å². The summed E-state index contributed by atoms with van der Waals surface area (Å²) < 4.78 is 25.4. The summed E-state index contributed by atoms with van der Waals surface area (Å²) in [6, 6.07) is 24.6. The van der Waals surface area contributed by atoms with E-state index in [0.29, 0.717) is 37.9 Å². The number of piperidine rings is 1. The lowest BCUT2D eigenvalue weighted by molar-refractivity contribution is -0.138. The number of carbonyl (C=O) groups excluding carboxylic acids is 3. The maximum Gasteiger partial charge on any atom is 0.337 e. The van der Waals surface area contributed by atoms with Crippen molar-refractivity contribution in [2.24, 2.45) is 0 Å². The minimum atomic E-state index is -1.24. The molecule has 8 nitrogen and oxygen atoms in total. The van der Waals surface area contributed by atoms with Crippen LogP contribution in [0.25, 0.3) is 0 Å². The molecule has 0 saturated carbocycles. The van der Waals surface area contributed by atoms with Gasteiger partial charge in [-0.1, -0.05) is 60.7 Å². The number of esters is 1. The average molecular weight is 596 g/mol. The van der Waals surface area contributed by atoms with Crippen molar-refractivity contribution < 1.29 is 28.2 Å². The first-order valence-electron chi connectivity index (χ1n) is 14.8. The quantitative estimate of drug-likeness (QED) is 0.281. The summed E-state index contributed by atoms with van der Waals surface area (Å²) in [4.78, 5) is 41.8. The first kappa shape index (κ1) is 29.3. The molecule has 3 heterocycles. The predicted octanol–water partition coefficient (Wildman–Crippen LogP) is 4.45. The Morgan fingerprint density at radius 3 is 2.39 bits per heavy atom. The number of ether oxygens (including phenoxy) is 2. The number of para-hydroxylation sites is 1. The molecular weight excluding hydrogens is 561 g/mol. The number of nitrogens with zero attached hydrogens (tertiary/aromatic N) is 1. The molecule has 3 aromatic rings. The second kappa shape index (κ2) is 12.5. The summed E-state index contributed by atoms with van der Waals surface area (Å²) in [5.41, 5.74) is 1.38. The zero-order valence-corrected chi connectivity index (χ0v) is 24.4. The fourth-order valence-electron chi connectivity index (χ4n) is 6.35. The molecule has 3 aromatic carbocycles. The smallest absolute Gasteiger partial charge is 0.337 e. The fourth-order valence-corrected chi connectivity index (χ4v) is 6.35. The van der Waals surface area contributed by atoms with Gasteiger partial charge in [-0.05, 0) is 61.2 Å². The van der Waals surface area contributed by atoms with Crippen LogP contribution < -0.4 is 10.6 Å². The van der Waals surface area contributed by atoms with E-state index >= 15 is 0 Å². The molecule has 3 aliphatic rings. The van der Waals surface area contributed by atoms with E-state index < -0.39 is 35.4 Å². The lowest BCUT2D eigenvalue weighted by Crippen LogP contribution is -2.50. The van der Waals surface area contributed by atoms with E-state index in [4.69, 9.17) is 9.47 Å². The van der Waals surface area contributed by atoms with E-state index in [1.165, 1.54) is 25.3 Å². The number of nitrogens with one attached hydrogen (secondary N) is 2. The fraction of sp³-hybridized carbons (Fsp3) is 0.286. The van der Waals surface area contributed by atoms with Crippen LogP contribution in [0.2, 0.25) is 0 Å². The van der Waals surface area contributed by atoms with Crippen LogP contribution in [0, 0.1) is 5.82 Å². The highest BCUT2D eigenvalue weighted by Gasteiger charge is 2.58. The molecular formula is C35H34FN3O5. The Kier molecular flexibility index (Phi) is 8.30. The Morgan fingerprint density at radius 1 is 1.00 bits per heavy atom. The number of fused-ring (bicyclic) bond motifs is 2. The number of carbonyl (C=O) groups is 3. The number of benzene rings is 3. The number of amides is 2. The van der Waals surface area contributed by atoms with Gasteiger partial charge in [0.1, 0.15) is 17.5 Å². The molecule has 2 bridgehead atoms. The molecule has 6 rings (SSSR count). The molecule has 2 amide bonds. The Balaban J connectivity index is 1.23. The lowest BCUT2D eigenvalue weighted by atomic mass is 9.78. The van der Waals surface area contributed by atoms with Crippen LogP contribution in [0.5, 0.6) is 0 Å².